The Hall–Kier alpha value is -2.39. The summed E-state index contributed by atoms with van der Waals surface area (Å²) < 4.78 is 31.6. The summed E-state index contributed by atoms with van der Waals surface area (Å²) in [6, 6.07) is 7.03. The van der Waals surface area contributed by atoms with E-state index >= 15 is 0 Å². The highest BCUT2D eigenvalue weighted by Gasteiger charge is 2.24. The molecule has 9 heteroatoms. The lowest BCUT2D eigenvalue weighted by atomic mass is 10.2. The first-order valence-corrected chi connectivity index (χ1v) is 8.30. The van der Waals surface area contributed by atoms with Crippen molar-refractivity contribution in [3.63, 3.8) is 0 Å². The monoisotopic (exact) mass is 340 g/mol. The van der Waals surface area contributed by atoms with Gasteiger partial charge in [-0.05, 0) is 29.6 Å². The number of hydrogen-bond acceptors (Lipinski definition) is 6. The summed E-state index contributed by atoms with van der Waals surface area (Å²) in [6.45, 7) is 0. The zero-order chi connectivity index (χ0) is 16.3. The number of sulfonamides is 1. The molecular weight excluding hydrogens is 328 g/mol. The second-order valence-electron chi connectivity index (χ2n) is 4.16. The van der Waals surface area contributed by atoms with Crippen molar-refractivity contribution in [2.45, 2.75) is 4.90 Å². The van der Waals surface area contributed by atoms with E-state index in [0.717, 1.165) is 11.3 Å². The molecule has 0 saturated heterocycles. The van der Waals surface area contributed by atoms with Crippen molar-refractivity contribution in [1.29, 1.82) is 0 Å². The lowest BCUT2D eigenvalue weighted by molar-refractivity contribution is 0.0602. The van der Waals surface area contributed by atoms with Gasteiger partial charge in [-0.25, -0.2) is 13.2 Å². The number of carbonyl (C=O) groups is 2. The number of thiophene rings is 1. The minimum Gasteiger partial charge on any atom is -0.465 e. The lowest BCUT2D eigenvalue weighted by Crippen LogP contribution is -2.16. The highest BCUT2D eigenvalue weighted by atomic mass is 32.2. The Kier molecular flexibility index (Phi) is 4.48. The maximum Gasteiger partial charge on any atom is 0.349 e. The van der Waals surface area contributed by atoms with E-state index in [1.165, 1.54) is 42.8 Å². The highest BCUT2D eigenvalue weighted by Crippen LogP contribution is 2.25. The molecule has 1 aromatic carbocycles. The Balaban J connectivity index is 2.37. The van der Waals surface area contributed by atoms with Crippen LogP contribution < -0.4 is 10.5 Å². The predicted octanol–water partition coefficient (Wildman–Crippen LogP) is 1.43. The first-order chi connectivity index (χ1) is 10.3. The summed E-state index contributed by atoms with van der Waals surface area (Å²) in [4.78, 5) is 22.5. The fourth-order valence-corrected chi connectivity index (χ4v) is 4.08. The van der Waals surface area contributed by atoms with Gasteiger partial charge in [0.05, 0.1) is 7.11 Å². The van der Waals surface area contributed by atoms with Gasteiger partial charge in [-0.3, -0.25) is 9.52 Å². The number of anilines is 1. The van der Waals surface area contributed by atoms with Gasteiger partial charge in [-0.2, -0.15) is 0 Å². The fraction of sp³-hybridized carbons (Fsp3) is 0.0769. The topological polar surface area (TPSA) is 116 Å². The maximum absolute atomic E-state index is 12.4. The number of rotatable bonds is 5. The van der Waals surface area contributed by atoms with Crippen molar-refractivity contribution in [3.8, 4) is 0 Å². The Morgan fingerprint density at radius 3 is 2.64 bits per heavy atom. The number of benzene rings is 1. The summed E-state index contributed by atoms with van der Waals surface area (Å²) in [5, 5.41) is 1.47. The van der Waals surface area contributed by atoms with Crippen LogP contribution in [-0.4, -0.2) is 27.4 Å². The Bertz CT molecular complexity index is 826. The van der Waals surface area contributed by atoms with Gasteiger partial charge < -0.3 is 10.5 Å². The molecule has 1 aromatic heterocycles. The molecule has 22 heavy (non-hydrogen) atoms. The molecule has 7 nitrogen and oxygen atoms in total. The minimum absolute atomic E-state index is 0.0268. The third-order valence-corrected chi connectivity index (χ3v) is 5.14. The molecule has 0 aliphatic carbocycles. The zero-order valence-electron chi connectivity index (χ0n) is 11.4. The normalized spacial score (nSPS) is 11.0. The highest BCUT2D eigenvalue weighted by molar-refractivity contribution is 7.93. The summed E-state index contributed by atoms with van der Waals surface area (Å²) in [6.07, 6.45) is 0. The van der Waals surface area contributed by atoms with Crippen LogP contribution in [0.25, 0.3) is 0 Å². The molecule has 2 rings (SSSR count). The van der Waals surface area contributed by atoms with Crippen molar-refractivity contribution in [2.75, 3.05) is 11.8 Å². The number of esters is 1. The number of amides is 1. The van der Waals surface area contributed by atoms with Crippen LogP contribution in [0.15, 0.2) is 40.6 Å². The number of ether oxygens (including phenoxy) is 1. The Morgan fingerprint density at radius 1 is 1.27 bits per heavy atom. The van der Waals surface area contributed by atoms with Crippen LogP contribution in [-0.2, 0) is 14.8 Å². The largest absolute Gasteiger partial charge is 0.465 e. The van der Waals surface area contributed by atoms with Gasteiger partial charge in [0, 0.05) is 11.3 Å². The van der Waals surface area contributed by atoms with Crippen LogP contribution in [0.5, 0.6) is 0 Å². The lowest BCUT2D eigenvalue weighted by Gasteiger charge is -2.09. The van der Waals surface area contributed by atoms with E-state index in [4.69, 9.17) is 5.73 Å². The summed E-state index contributed by atoms with van der Waals surface area (Å²) >= 11 is 0.960. The third kappa shape index (κ3) is 3.26. The minimum atomic E-state index is -3.99. The van der Waals surface area contributed by atoms with Crippen LogP contribution >= 0.6 is 11.3 Å². The fourth-order valence-electron chi connectivity index (χ4n) is 1.70. The Morgan fingerprint density at radius 2 is 2.00 bits per heavy atom. The van der Waals surface area contributed by atoms with Gasteiger partial charge in [-0.1, -0.05) is 6.07 Å². The number of nitrogens with two attached hydrogens (primary N) is 1. The molecule has 0 unspecified atom stereocenters. The molecule has 0 aliphatic heterocycles. The smallest absolute Gasteiger partial charge is 0.349 e. The zero-order valence-corrected chi connectivity index (χ0v) is 13.0. The first kappa shape index (κ1) is 16.0. The molecule has 0 radical (unpaired) electrons. The quantitative estimate of drug-likeness (QED) is 0.799. The van der Waals surface area contributed by atoms with Crippen molar-refractivity contribution in [1.82, 2.24) is 0 Å². The molecule has 0 saturated carbocycles. The van der Waals surface area contributed by atoms with E-state index in [9.17, 15) is 18.0 Å². The molecule has 0 bridgehead atoms. The second-order valence-corrected chi connectivity index (χ2v) is 6.72. The standard InChI is InChI=1S/C13H12N2O5S2/c1-20-13(17)11-10(5-6-21-11)22(18,19)15-9-4-2-3-8(7-9)12(14)16/h2-7,15H,1H3,(H2,14,16). The Labute approximate surface area is 130 Å². The van der Waals surface area contributed by atoms with Crippen LogP contribution in [0.1, 0.15) is 20.0 Å². The molecule has 0 fully saturated rings. The van der Waals surface area contributed by atoms with Gasteiger partial charge in [-0.15, -0.1) is 11.3 Å². The first-order valence-electron chi connectivity index (χ1n) is 5.93. The van der Waals surface area contributed by atoms with E-state index in [0.29, 0.717) is 0 Å². The van der Waals surface area contributed by atoms with Crippen LogP contribution in [0.4, 0.5) is 5.69 Å². The van der Waals surface area contributed by atoms with E-state index in [1.54, 1.807) is 0 Å². The SMILES string of the molecule is COC(=O)c1sccc1S(=O)(=O)Nc1cccc(C(N)=O)c1. The van der Waals surface area contributed by atoms with Gasteiger partial charge in [0.2, 0.25) is 5.91 Å². The van der Waals surface area contributed by atoms with Crippen molar-refractivity contribution in [2.24, 2.45) is 5.73 Å². The maximum atomic E-state index is 12.4. The molecule has 1 heterocycles. The number of primary amides is 1. The van der Waals surface area contributed by atoms with Crippen LogP contribution in [0.3, 0.4) is 0 Å². The van der Waals surface area contributed by atoms with E-state index < -0.39 is 21.9 Å². The summed E-state index contributed by atoms with van der Waals surface area (Å²) in [7, 11) is -2.82. The van der Waals surface area contributed by atoms with Gasteiger partial charge in [0.1, 0.15) is 9.77 Å². The number of nitrogens with one attached hydrogen (secondary N) is 1. The molecule has 0 atom stereocenters. The molecule has 0 aliphatic rings. The summed E-state index contributed by atoms with van der Waals surface area (Å²) in [5.74, 6) is -1.41. The molecule has 116 valence electrons. The molecular formula is C13H12N2O5S2. The van der Waals surface area contributed by atoms with Gasteiger partial charge >= 0.3 is 5.97 Å². The van der Waals surface area contributed by atoms with Crippen LogP contribution in [0.2, 0.25) is 0 Å². The average molecular weight is 340 g/mol. The third-order valence-electron chi connectivity index (χ3n) is 2.69. The van der Waals surface area contributed by atoms with Crippen molar-refractivity contribution >= 4 is 38.9 Å². The van der Waals surface area contributed by atoms with E-state index in [1.807, 2.05) is 0 Å². The van der Waals surface area contributed by atoms with Gasteiger partial charge in [0.25, 0.3) is 10.0 Å². The van der Waals surface area contributed by atoms with Crippen molar-refractivity contribution < 1.29 is 22.7 Å². The van der Waals surface area contributed by atoms with E-state index in [2.05, 4.69) is 9.46 Å². The number of carbonyl (C=O) groups excluding carboxylic acids is 2. The molecule has 1 amide bonds. The summed E-state index contributed by atoms with van der Waals surface area (Å²) in [5.41, 5.74) is 5.48. The molecule has 0 spiro atoms. The van der Waals surface area contributed by atoms with Crippen molar-refractivity contribution in [3.05, 3.63) is 46.2 Å². The molecule has 2 aromatic rings. The van der Waals surface area contributed by atoms with Crippen LogP contribution in [0, 0.1) is 0 Å². The predicted molar refractivity (Wildman–Crippen MR) is 81.4 cm³/mol. The number of hydrogen-bond donors (Lipinski definition) is 2. The van der Waals surface area contributed by atoms with E-state index in [-0.39, 0.29) is 21.0 Å². The number of methoxy groups -OCH3 is 1. The molecule has 3 N–H and O–H groups in total. The average Bonchev–Trinajstić information content (AvgIpc) is 2.96. The second kappa shape index (κ2) is 6.16. The van der Waals surface area contributed by atoms with Gasteiger partial charge in [0.15, 0.2) is 0 Å².